The van der Waals surface area contributed by atoms with Crippen LogP contribution in [0.15, 0.2) is 0 Å². The first-order valence-corrected chi connectivity index (χ1v) is 10.1. The Bertz CT molecular complexity index is 639. The minimum atomic E-state index is -0.114. The van der Waals surface area contributed by atoms with Crippen molar-refractivity contribution in [3.05, 3.63) is 15.6 Å². The number of nitrogens with one attached hydrogen (secondary N) is 1. The largest absolute Gasteiger partial charge is 0.348 e. The van der Waals surface area contributed by atoms with Gasteiger partial charge in [0.25, 0.3) is 0 Å². The summed E-state index contributed by atoms with van der Waals surface area (Å²) in [5, 5.41) is 4.15. The Labute approximate surface area is 153 Å². The van der Waals surface area contributed by atoms with Crippen LogP contribution in [0.5, 0.6) is 0 Å². The molecule has 138 valence electrons. The van der Waals surface area contributed by atoms with E-state index >= 15 is 0 Å². The topological polar surface area (TPSA) is 65.5 Å². The van der Waals surface area contributed by atoms with Gasteiger partial charge in [0.1, 0.15) is 0 Å². The quantitative estimate of drug-likeness (QED) is 0.897. The molecule has 0 radical (unpaired) electrons. The number of aryl methyl sites for hydroxylation is 2. The highest BCUT2D eigenvalue weighted by molar-refractivity contribution is 7.11. The average Bonchev–Trinajstić information content (AvgIpc) is 3.23. The molecule has 0 aromatic carbocycles. The first-order chi connectivity index (χ1) is 12.0. The van der Waals surface area contributed by atoms with Gasteiger partial charge in [0.05, 0.1) is 22.7 Å². The van der Waals surface area contributed by atoms with Crippen LogP contribution in [0.25, 0.3) is 0 Å². The summed E-state index contributed by atoms with van der Waals surface area (Å²) in [6.07, 6.45) is 3.93. The number of carbonyl (C=O) groups excluding carboxylic acids is 2. The van der Waals surface area contributed by atoms with Gasteiger partial charge in [-0.25, -0.2) is 9.78 Å². The van der Waals surface area contributed by atoms with E-state index in [9.17, 15) is 9.59 Å². The highest BCUT2D eigenvalue weighted by atomic mass is 32.1. The van der Waals surface area contributed by atoms with Crippen LogP contribution < -0.4 is 5.32 Å². The fourth-order valence-corrected chi connectivity index (χ4v) is 4.75. The summed E-state index contributed by atoms with van der Waals surface area (Å²) in [6, 6.07) is 0.0698. The van der Waals surface area contributed by atoms with Gasteiger partial charge in [-0.2, -0.15) is 0 Å². The summed E-state index contributed by atoms with van der Waals surface area (Å²) in [5.74, 6) is -0.0612. The third-order valence-electron chi connectivity index (χ3n) is 5.13. The normalized spacial score (nSPS) is 22.1. The zero-order valence-electron chi connectivity index (χ0n) is 15.4. The molecular formula is C18H28N4O2S. The number of amides is 3. The molecule has 6 nitrogen and oxygen atoms in total. The van der Waals surface area contributed by atoms with Crippen molar-refractivity contribution in [2.24, 2.45) is 5.92 Å². The van der Waals surface area contributed by atoms with Gasteiger partial charge in [-0.3, -0.25) is 4.79 Å². The second-order valence-corrected chi connectivity index (χ2v) is 8.41. The van der Waals surface area contributed by atoms with E-state index in [2.05, 4.69) is 10.3 Å². The van der Waals surface area contributed by atoms with Gasteiger partial charge in [-0.05, 0) is 46.5 Å². The molecule has 3 amide bonds. The Morgan fingerprint density at radius 3 is 2.48 bits per heavy atom. The minimum Gasteiger partial charge on any atom is -0.348 e. The molecular weight excluding hydrogens is 336 g/mol. The first kappa shape index (κ1) is 18.2. The summed E-state index contributed by atoms with van der Waals surface area (Å²) in [4.78, 5) is 34.6. The molecule has 2 saturated heterocycles. The van der Waals surface area contributed by atoms with Crippen LogP contribution in [0.1, 0.15) is 54.2 Å². The molecule has 0 spiro atoms. The molecule has 1 aromatic rings. The molecule has 7 heteroatoms. The molecule has 1 aromatic heterocycles. The smallest absolute Gasteiger partial charge is 0.320 e. The van der Waals surface area contributed by atoms with Gasteiger partial charge in [-0.1, -0.05) is 0 Å². The van der Waals surface area contributed by atoms with Crippen molar-refractivity contribution >= 4 is 23.3 Å². The number of nitrogens with zero attached hydrogens (tertiary/aromatic N) is 3. The minimum absolute atomic E-state index is 0.0386. The van der Waals surface area contributed by atoms with Crippen LogP contribution in [0.4, 0.5) is 4.79 Å². The Morgan fingerprint density at radius 1 is 1.16 bits per heavy atom. The number of thiazole rings is 1. The van der Waals surface area contributed by atoms with Crippen molar-refractivity contribution in [3.8, 4) is 0 Å². The van der Waals surface area contributed by atoms with Crippen LogP contribution in [0, 0.1) is 19.8 Å². The first-order valence-electron chi connectivity index (χ1n) is 9.24. The number of hydrogen-bond donors (Lipinski definition) is 1. The number of piperidine rings is 1. The van der Waals surface area contributed by atoms with Gasteiger partial charge >= 0.3 is 6.03 Å². The number of likely N-dealkylation sites (tertiary alicyclic amines) is 2. The highest BCUT2D eigenvalue weighted by Crippen LogP contribution is 2.26. The molecule has 3 rings (SSSR count). The lowest BCUT2D eigenvalue weighted by Gasteiger charge is -2.35. The summed E-state index contributed by atoms with van der Waals surface area (Å²) < 4.78 is 0. The van der Waals surface area contributed by atoms with Crippen LogP contribution >= 0.6 is 11.3 Å². The molecule has 1 N–H and O–H groups in total. The van der Waals surface area contributed by atoms with Crippen molar-refractivity contribution in [1.29, 1.82) is 0 Å². The van der Waals surface area contributed by atoms with Crippen LogP contribution in [-0.4, -0.2) is 52.9 Å². The van der Waals surface area contributed by atoms with Gasteiger partial charge in [-0.15, -0.1) is 11.3 Å². The predicted octanol–water partition coefficient (Wildman–Crippen LogP) is 2.86. The number of aromatic nitrogens is 1. The molecule has 0 bridgehead atoms. The molecule has 2 fully saturated rings. The molecule has 2 aliphatic heterocycles. The summed E-state index contributed by atoms with van der Waals surface area (Å²) >= 11 is 1.64. The second kappa shape index (κ2) is 7.72. The van der Waals surface area contributed by atoms with E-state index in [1.807, 2.05) is 30.6 Å². The SMILES string of the molecule is Cc1nc(C)c([C@@H](C)NC(=O)[C@@H]2CCCN(C(=O)N3CCCC3)C2)s1. The third kappa shape index (κ3) is 4.14. The fraction of sp³-hybridized carbons (Fsp3) is 0.722. The molecule has 2 atom stereocenters. The Hall–Kier alpha value is -1.63. The number of hydrogen-bond acceptors (Lipinski definition) is 4. The highest BCUT2D eigenvalue weighted by Gasteiger charge is 2.32. The van der Waals surface area contributed by atoms with E-state index in [0.717, 1.165) is 60.9 Å². The summed E-state index contributed by atoms with van der Waals surface area (Å²) in [5.41, 5.74) is 0.991. The summed E-state index contributed by atoms with van der Waals surface area (Å²) in [6.45, 7) is 8.99. The lowest BCUT2D eigenvalue weighted by atomic mass is 9.97. The lowest BCUT2D eigenvalue weighted by Crippen LogP contribution is -2.49. The molecule has 2 aliphatic rings. The van der Waals surface area contributed by atoms with Crippen molar-refractivity contribution in [2.75, 3.05) is 26.2 Å². The maximum Gasteiger partial charge on any atom is 0.320 e. The second-order valence-electron chi connectivity index (χ2n) is 7.17. The molecule has 0 saturated carbocycles. The standard InChI is InChI=1S/C18H28N4O2S/c1-12-16(25-14(3)19-12)13(2)20-17(23)15-7-6-10-22(11-15)18(24)21-8-4-5-9-21/h13,15H,4-11H2,1-3H3,(H,20,23)/t13-,15-/m1/s1. The average molecular weight is 365 g/mol. The molecule has 0 unspecified atom stereocenters. The Balaban J connectivity index is 1.58. The van der Waals surface area contributed by atoms with Gasteiger partial charge < -0.3 is 15.1 Å². The van der Waals surface area contributed by atoms with E-state index < -0.39 is 0 Å². The van der Waals surface area contributed by atoms with Crippen LogP contribution in [0.3, 0.4) is 0 Å². The summed E-state index contributed by atoms with van der Waals surface area (Å²) in [7, 11) is 0. The van der Waals surface area contributed by atoms with Crippen molar-refractivity contribution in [2.45, 2.75) is 52.5 Å². The van der Waals surface area contributed by atoms with Gasteiger partial charge in [0.2, 0.25) is 5.91 Å². The Kier molecular flexibility index (Phi) is 5.61. The fourth-order valence-electron chi connectivity index (χ4n) is 3.82. The lowest BCUT2D eigenvalue weighted by molar-refractivity contribution is -0.127. The monoisotopic (exact) mass is 364 g/mol. The number of urea groups is 1. The van der Waals surface area contributed by atoms with Crippen molar-refractivity contribution < 1.29 is 9.59 Å². The number of rotatable bonds is 3. The predicted molar refractivity (Wildman–Crippen MR) is 98.6 cm³/mol. The van der Waals surface area contributed by atoms with Gasteiger partial charge in [0.15, 0.2) is 0 Å². The van der Waals surface area contributed by atoms with Gasteiger partial charge in [0, 0.05) is 31.1 Å². The Morgan fingerprint density at radius 2 is 1.84 bits per heavy atom. The molecule has 3 heterocycles. The molecule has 25 heavy (non-hydrogen) atoms. The van der Waals surface area contributed by atoms with E-state index in [-0.39, 0.29) is 23.9 Å². The van der Waals surface area contributed by atoms with E-state index in [1.165, 1.54) is 0 Å². The van der Waals surface area contributed by atoms with Crippen molar-refractivity contribution in [1.82, 2.24) is 20.1 Å². The van der Waals surface area contributed by atoms with E-state index in [1.54, 1.807) is 11.3 Å². The maximum atomic E-state index is 12.7. The zero-order chi connectivity index (χ0) is 18.0. The van der Waals surface area contributed by atoms with Crippen LogP contribution in [-0.2, 0) is 4.79 Å². The zero-order valence-corrected chi connectivity index (χ0v) is 16.2. The number of carbonyl (C=O) groups is 2. The van der Waals surface area contributed by atoms with E-state index in [4.69, 9.17) is 0 Å². The molecule has 0 aliphatic carbocycles. The van der Waals surface area contributed by atoms with Crippen molar-refractivity contribution in [3.63, 3.8) is 0 Å². The van der Waals surface area contributed by atoms with Crippen LogP contribution in [0.2, 0.25) is 0 Å². The maximum absolute atomic E-state index is 12.7. The van der Waals surface area contributed by atoms with E-state index in [0.29, 0.717) is 6.54 Å². The third-order valence-corrected chi connectivity index (χ3v) is 6.39.